The van der Waals surface area contributed by atoms with Crippen molar-refractivity contribution in [3.8, 4) is 0 Å². The van der Waals surface area contributed by atoms with Crippen molar-refractivity contribution in [1.82, 2.24) is 15.0 Å². The second-order valence-electron chi connectivity index (χ2n) is 4.63. The van der Waals surface area contributed by atoms with Crippen LogP contribution in [0.4, 0.5) is 0 Å². The highest BCUT2D eigenvalue weighted by Crippen LogP contribution is 2.32. The molecular formula is C14H9BrCl3N3. The van der Waals surface area contributed by atoms with Crippen molar-refractivity contribution in [3.05, 3.63) is 55.4 Å². The van der Waals surface area contributed by atoms with Gasteiger partial charge in [0.1, 0.15) is 5.52 Å². The Balaban J connectivity index is 2.15. The molecule has 2 aromatic carbocycles. The minimum absolute atomic E-state index is 0.0925. The van der Waals surface area contributed by atoms with Gasteiger partial charge in [-0.1, -0.05) is 62.0 Å². The van der Waals surface area contributed by atoms with Crippen molar-refractivity contribution < 1.29 is 0 Å². The van der Waals surface area contributed by atoms with Crippen molar-refractivity contribution in [2.24, 2.45) is 0 Å². The van der Waals surface area contributed by atoms with Gasteiger partial charge < -0.3 is 0 Å². The molecule has 0 spiro atoms. The Morgan fingerprint density at radius 1 is 1.10 bits per heavy atom. The Labute approximate surface area is 144 Å². The SMILES string of the molecule is C[C@H](c1ccc(Cl)cc1Cl)n1nnc2c(Cl)cc(Br)cc21. The van der Waals surface area contributed by atoms with Gasteiger partial charge in [0.2, 0.25) is 0 Å². The maximum Gasteiger partial charge on any atom is 0.131 e. The highest BCUT2D eigenvalue weighted by Gasteiger charge is 2.17. The fourth-order valence-corrected chi connectivity index (χ4v) is 3.62. The molecule has 0 bridgehead atoms. The molecule has 0 N–H and O–H groups in total. The number of halogens is 4. The lowest BCUT2D eigenvalue weighted by Gasteiger charge is -2.15. The molecule has 3 nitrogen and oxygen atoms in total. The average molecular weight is 406 g/mol. The van der Waals surface area contributed by atoms with Gasteiger partial charge in [-0.05, 0) is 36.8 Å². The molecule has 7 heteroatoms. The van der Waals surface area contributed by atoms with Crippen LogP contribution in [0, 0.1) is 0 Å². The second-order valence-corrected chi connectivity index (χ2v) is 6.80. The van der Waals surface area contributed by atoms with E-state index in [-0.39, 0.29) is 6.04 Å². The molecule has 0 unspecified atom stereocenters. The summed E-state index contributed by atoms with van der Waals surface area (Å²) >= 11 is 21.8. The van der Waals surface area contributed by atoms with Gasteiger partial charge >= 0.3 is 0 Å². The van der Waals surface area contributed by atoms with Gasteiger partial charge in [-0.2, -0.15) is 0 Å². The first kappa shape index (κ1) is 15.1. The predicted molar refractivity (Wildman–Crippen MR) is 90.5 cm³/mol. The quantitative estimate of drug-likeness (QED) is 0.542. The summed E-state index contributed by atoms with van der Waals surface area (Å²) in [4.78, 5) is 0. The Kier molecular flexibility index (Phi) is 4.14. The molecule has 1 atom stereocenters. The van der Waals surface area contributed by atoms with Crippen LogP contribution in [-0.2, 0) is 0 Å². The van der Waals surface area contributed by atoms with Crippen LogP contribution in [-0.4, -0.2) is 15.0 Å². The van der Waals surface area contributed by atoms with Crippen LogP contribution in [0.15, 0.2) is 34.8 Å². The summed E-state index contributed by atoms with van der Waals surface area (Å²) in [6.07, 6.45) is 0. The van der Waals surface area contributed by atoms with Crippen LogP contribution < -0.4 is 0 Å². The van der Waals surface area contributed by atoms with E-state index in [9.17, 15) is 0 Å². The van der Waals surface area contributed by atoms with Gasteiger partial charge in [-0.15, -0.1) is 5.10 Å². The zero-order valence-electron chi connectivity index (χ0n) is 10.8. The van der Waals surface area contributed by atoms with Crippen molar-refractivity contribution in [3.63, 3.8) is 0 Å². The van der Waals surface area contributed by atoms with Crippen LogP contribution in [0.2, 0.25) is 15.1 Å². The highest BCUT2D eigenvalue weighted by atomic mass is 79.9. The fraction of sp³-hybridized carbons (Fsp3) is 0.143. The zero-order valence-corrected chi connectivity index (χ0v) is 14.7. The highest BCUT2D eigenvalue weighted by molar-refractivity contribution is 9.10. The number of hydrogen-bond acceptors (Lipinski definition) is 2. The van der Waals surface area contributed by atoms with Gasteiger partial charge in [-0.3, -0.25) is 0 Å². The monoisotopic (exact) mass is 403 g/mol. The third-order valence-electron chi connectivity index (χ3n) is 3.28. The molecule has 21 heavy (non-hydrogen) atoms. The van der Waals surface area contributed by atoms with Crippen LogP contribution in [0.1, 0.15) is 18.5 Å². The van der Waals surface area contributed by atoms with E-state index in [1.165, 1.54) is 0 Å². The summed E-state index contributed by atoms with van der Waals surface area (Å²) in [6.45, 7) is 2.00. The second kappa shape index (κ2) is 5.76. The molecule has 0 fully saturated rings. The standard InChI is InChI=1S/C14H9BrCl3N3/c1-7(10-3-2-9(16)6-11(10)17)21-13-5-8(15)4-12(18)14(13)19-20-21/h2-7H,1H3/t7-/m1/s1. The van der Waals surface area contributed by atoms with Crippen LogP contribution in [0.3, 0.4) is 0 Å². The average Bonchev–Trinajstić information content (AvgIpc) is 2.82. The van der Waals surface area contributed by atoms with E-state index in [4.69, 9.17) is 34.8 Å². The summed E-state index contributed by atoms with van der Waals surface area (Å²) in [5.74, 6) is 0. The molecule has 1 heterocycles. The molecule has 0 amide bonds. The molecule has 108 valence electrons. The number of nitrogens with zero attached hydrogens (tertiary/aromatic N) is 3. The van der Waals surface area contributed by atoms with Crippen molar-refractivity contribution >= 4 is 61.8 Å². The van der Waals surface area contributed by atoms with Gasteiger partial charge in [0, 0.05) is 14.5 Å². The number of fused-ring (bicyclic) bond motifs is 1. The first-order chi connectivity index (χ1) is 9.97. The zero-order chi connectivity index (χ0) is 15.1. The molecule has 3 aromatic rings. The molecule has 0 radical (unpaired) electrons. The van der Waals surface area contributed by atoms with E-state index in [0.29, 0.717) is 20.6 Å². The van der Waals surface area contributed by atoms with Gasteiger partial charge in [-0.25, -0.2) is 4.68 Å². The Morgan fingerprint density at radius 2 is 1.86 bits per heavy atom. The Bertz CT molecular complexity index is 832. The molecule has 0 saturated heterocycles. The number of rotatable bonds is 2. The lowest BCUT2D eigenvalue weighted by Crippen LogP contribution is -2.09. The first-order valence-electron chi connectivity index (χ1n) is 6.12. The van der Waals surface area contributed by atoms with Crippen LogP contribution in [0.25, 0.3) is 11.0 Å². The maximum atomic E-state index is 6.27. The van der Waals surface area contributed by atoms with Crippen LogP contribution in [0.5, 0.6) is 0 Å². The van der Waals surface area contributed by atoms with E-state index < -0.39 is 0 Å². The Hall–Kier alpha value is -0.810. The number of hydrogen-bond donors (Lipinski definition) is 0. The third kappa shape index (κ3) is 2.78. The Morgan fingerprint density at radius 3 is 2.57 bits per heavy atom. The van der Waals surface area contributed by atoms with Gasteiger partial charge in [0.25, 0.3) is 0 Å². The van der Waals surface area contributed by atoms with E-state index in [2.05, 4.69) is 26.2 Å². The van der Waals surface area contributed by atoms with Crippen molar-refractivity contribution in [2.45, 2.75) is 13.0 Å². The molecule has 1 aromatic heterocycles. The molecule has 0 aliphatic rings. The van der Waals surface area contributed by atoms with E-state index >= 15 is 0 Å². The van der Waals surface area contributed by atoms with E-state index in [1.807, 2.05) is 19.1 Å². The summed E-state index contributed by atoms with van der Waals surface area (Å²) in [5, 5.41) is 10.1. The summed E-state index contributed by atoms with van der Waals surface area (Å²) in [5.41, 5.74) is 2.42. The number of aromatic nitrogens is 3. The van der Waals surface area contributed by atoms with E-state index in [1.54, 1.807) is 22.9 Å². The topological polar surface area (TPSA) is 30.7 Å². The smallest absolute Gasteiger partial charge is 0.131 e. The molecular weight excluding hydrogens is 396 g/mol. The summed E-state index contributed by atoms with van der Waals surface area (Å²) in [6, 6.07) is 9.05. The minimum Gasteiger partial charge on any atom is -0.237 e. The molecule has 0 aliphatic carbocycles. The van der Waals surface area contributed by atoms with Crippen LogP contribution >= 0.6 is 50.7 Å². The van der Waals surface area contributed by atoms with Gasteiger partial charge in [0.15, 0.2) is 0 Å². The molecule has 0 saturated carbocycles. The molecule has 3 rings (SSSR count). The number of benzene rings is 2. The fourth-order valence-electron chi connectivity index (χ4n) is 2.23. The largest absolute Gasteiger partial charge is 0.237 e. The first-order valence-corrected chi connectivity index (χ1v) is 8.05. The maximum absolute atomic E-state index is 6.27. The van der Waals surface area contributed by atoms with Gasteiger partial charge in [0.05, 0.1) is 16.6 Å². The minimum atomic E-state index is -0.0925. The molecule has 0 aliphatic heterocycles. The predicted octanol–water partition coefficient (Wildman–Crippen LogP) is 5.76. The van der Waals surface area contributed by atoms with Crippen molar-refractivity contribution in [1.29, 1.82) is 0 Å². The lowest BCUT2D eigenvalue weighted by molar-refractivity contribution is 0.560. The normalized spacial score (nSPS) is 12.8. The third-order valence-corrected chi connectivity index (χ3v) is 4.58. The lowest BCUT2D eigenvalue weighted by atomic mass is 10.1. The van der Waals surface area contributed by atoms with E-state index in [0.717, 1.165) is 15.6 Å². The summed E-state index contributed by atoms with van der Waals surface area (Å²) in [7, 11) is 0. The summed E-state index contributed by atoms with van der Waals surface area (Å²) < 4.78 is 2.67. The van der Waals surface area contributed by atoms with Crippen molar-refractivity contribution in [2.75, 3.05) is 0 Å².